The number of aryl methyl sites for hydroxylation is 2. The number of carbonyl (C=O) groups is 3. The van der Waals surface area contributed by atoms with Gasteiger partial charge in [0.25, 0.3) is 0 Å². The Balaban J connectivity index is 0.000000302. The van der Waals surface area contributed by atoms with Crippen LogP contribution in [0.4, 0.5) is 0 Å². The topological polar surface area (TPSA) is 184 Å². The van der Waals surface area contributed by atoms with Crippen molar-refractivity contribution >= 4 is 17.9 Å². The second kappa shape index (κ2) is 13.7. The van der Waals surface area contributed by atoms with E-state index in [0.717, 1.165) is 68.4 Å². The molecule has 2 aromatic rings. The van der Waals surface area contributed by atoms with Crippen molar-refractivity contribution < 1.29 is 44.0 Å². The molecule has 0 aliphatic carbocycles. The van der Waals surface area contributed by atoms with E-state index in [-0.39, 0.29) is 0 Å². The van der Waals surface area contributed by atoms with Crippen LogP contribution in [0.1, 0.15) is 55.5 Å². The van der Waals surface area contributed by atoms with Gasteiger partial charge in [-0.1, -0.05) is 6.92 Å². The molecule has 1 saturated heterocycles. The number of hydrogen-bond acceptors (Lipinski definition) is 9. The van der Waals surface area contributed by atoms with E-state index < -0.39 is 36.4 Å². The Morgan fingerprint density at radius 1 is 1.08 bits per heavy atom. The van der Waals surface area contributed by atoms with E-state index in [4.69, 9.17) is 29.6 Å². The van der Waals surface area contributed by atoms with E-state index in [9.17, 15) is 14.4 Å². The molecule has 198 valence electrons. The molecule has 1 unspecified atom stereocenters. The number of aromatic nitrogens is 2. The Kier molecular flexibility index (Phi) is 11.0. The van der Waals surface area contributed by atoms with E-state index in [1.807, 2.05) is 25.4 Å². The maximum absolute atomic E-state index is 10.3. The molecule has 1 aliphatic rings. The number of ether oxygens (including phenoxy) is 1. The quantitative estimate of drug-likeness (QED) is 0.327. The summed E-state index contributed by atoms with van der Waals surface area (Å²) in [7, 11) is 0. The Morgan fingerprint density at radius 2 is 1.72 bits per heavy atom. The van der Waals surface area contributed by atoms with Gasteiger partial charge in [-0.2, -0.15) is 0 Å². The van der Waals surface area contributed by atoms with Crippen LogP contribution in [-0.2, 0) is 38.6 Å². The van der Waals surface area contributed by atoms with Gasteiger partial charge in [0.2, 0.25) is 0 Å². The van der Waals surface area contributed by atoms with Gasteiger partial charge < -0.3 is 29.6 Å². The maximum Gasteiger partial charge on any atom is 0.336 e. The average molecular weight is 508 g/mol. The van der Waals surface area contributed by atoms with Crippen LogP contribution in [0.2, 0.25) is 0 Å². The third-order valence-electron chi connectivity index (χ3n) is 5.43. The average Bonchev–Trinajstić information content (AvgIpc) is 3.45. The lowest BCUT2D eigenvalue weighted by molar-refractivity contribution is -0.170. The second-order valence-corrected chi connectivity index (χ2v) is 8.66. The first-order valence-electron chi connectivity index (χ1n) is 11.6. The number of carboxylic acids is 3. The Morgan fingerprint density at radius 3 is 2.17 bits per heavy atom. The van der Waals surface area contributed by atoms with E-state index in [2.05, 4.69) is 27.9 Å². The van der Waals surface area contributed by atoms with Crippen LogP contribution in [0.15, 0.2) is 28.9 Å². The molecule has 1 fully saturated rings. The molecule has 1 aliphatic heterocycles. The summed E-state index contributed by atoms with van der Waals surface area (Å²) >= 11 is 0. The molecule has 0 saturated carbocycles. The maximum atomic E-state index is 10.3. The van der Waals surface area contributed by atoms with Crippen LogP contribution in [0.25, 0.3) is 0 Å². The minimum Gasteiger partial charge on any atom is -0.481 e. The standard InChI is InChI=1S/C18H25N3O2.C6H8O7/c1-3-18-19-9-15(10-20-18)11-21(12-16-5-4-8-22-16)13-17-7-6-14(2)23-17;7-3(8)1-6(13,5(11)12)2-4(9)10/h6-7,9-10,16H,3-5,8,11-13H2,1-2H3;13H,1-2H2,(H,7,8)(H,9,10)(H,11,12). The number of aliphatic hydroxyl groups is 1. The van der Waals surface area contributed by atoms with Gasteiger partial charge in [0.05, 0.1) is 25.5 Å². The molecule has 3 rings (SSSR count). The van der Waals surface area contributed by atoms with Crippen molar-refractivity contribution in [1.29, 1.82) is 0 Å². The highest BCUT2D eigenvalue weighted by Crippen LogP contribution is 2.18. The van der Waals surface area contributed by atoms with Crippen LogP contribution >= 0.6 is 0 Å². The predicted octanol–water partition coefficient (Wildman–Crippen LogP) is 1.87. The van der Waals surface area contributed by atoms with Gasteiger partial charge in [0.1, 0.15) is 17.3 Å². The van der Waals surface area contributed by atoms with Crippen molar-refractivity contribution in [2.45, 2.75) is 70.7 Å². The number of furan rings is 1. The zero-order chi connectivity index (χ0) is 26.7. The molecular formula is C24H33N3O9. The molecular weight excluding hydrogens is 474 g/mol. The van der Waals surface area contributed by atoms with Crippen LogP contribution in [0.5, 0.6) is 0 Å². The zero-order valence-corrected chi connectivity index (χ0v) is 20.4. The lowest BCUT2D eigenvalue weighted by atomic mass is 9.96. The molecule has 36 heavy (non-hydrogen) atoms. The van der Waals surface area contributed by atoms with Gasteiger partial charge in [-0.15, -0.1) is 0 Å². The fraction of sp³-hybridized carbons (Fsp3) is 0.542. The smallest absolute Gasteiger partial charge is 0.336 e. The molecule has 3 heterocycles. The number of nitrogens with zero attached hydrogens (tertiary/aromatic N) is 3. The fourth-order valence-corrected chi connectivity index (χ4v) is 3.67. The molecule has 0 aromatic carbocycles. The number of hydrogen-bond donors (Lipinski definition) is 4. The van der Waals surface area contributed by atoms with Gasteiger partial charge in [-0.3, -0.25) is 14.5 Å². The lowest BCUT2D eigenvalue weighted by Gasteiger charge is -2.24. The van der Waals surface area contributed by atoms with Crippen LogP contribution in [0.3, 0.4) is 0 Å². The Labute approximate surface area is 208 Å². The molecule has 0 amide bonds. The minimum absolute atomic E-state index is 0.321. The predicted molar refractivity (Wildman–Crippen MR) is 125 cm³/mol. The van der Waals surface area contributed by atoms with E-state index in [1.165, 1.54) is 0 Å². The summed E-state index contributed by atoms with van der Waals surface area (Å²) < 4.78 is 11.5. The summed E-state index contributed by atoms with van der Waals surface area (Å²) in [5.41, 5.74) is -1.61. The third-order valence-corrected chi connectivity index (χ3v) is 5.43. The molecule has 0 radical (unpaired) electrons. The summed E-state index contributed by atoms with van der Waals surface area (Å²) in [5.74, 6) is -2.19. The Hall–Kier alpha value is -3.35. The molecule has 2 aromatic heterocycles. The molecule has 0 bridgehead atoms. The monoisotopic (exact) mass is 507 g/mol. The van der Waals surface area contributed by atoms with Gasteiger partial charge in [-0.05, 0) is 31.9 Å². The van der Waals surface area contributed by atoms with Gasteiger partial charge in [0.15, 0.2) is 5.60 Å². The minimum atomic E-state index is -2.74. The first kappa shape index (κ1) is 28.9. The normalized spacial score (nSPS) is 15.4. The summed E-state index contributed by atoms with van der Waals surface area (Å²) in [6, 6.07) is 4.06. The first-order valence-corrected chi connectivity index (χ1v) is 11.6. The van der Waals surface area contributed by atoms with Crippen LogP contribution in [-0.4, -0.2) is 78.1 Å². The van der Waals surface area contributed by atoms with E-state index >= 15 is 0 Å². The summed E-state index contributed by atoms with van der Waals surface area (Å²) in [4.78, 5) is 41.6. The number of carboxylic acid groups (broad SMARTS) is 3. The molecule has 0 spiro atoms. The highest BCUT2D eigenvalue weighted by atomic mass is 16.5. The summed E-state index contributed by atoms with van der Waals surface area (Å²) in [6.07, 6.45) is 5.06. The van der Waals surface area contributed by atoms with Crippen molar-refractivity contribution in [2.24, 2.45) is 0 Å². The second-order valence-electron chi connectivity index (χ2n) is 8.66. The van der Waals surface area contributed by atoms with Gasteiger partial charge in [-0.25, -0.2) is 14.8 Å². The summed E-state index contributed by atoms with van der Waals surface area (Å²) in [6.45, 7) is 7.43. The fourth-order valence-electron chi connectivity index (χ4n) is 3.67. The van der Waals surface area contributed by atoms with Crippen molar-refractivity contribution in [2.75, 3.05) is 13.2 Å². The van der Waals surface area contributed by atoms with Crippen molar-refractivity contribution in [3.05, 3.63) is 47.4 Å². The van der Waals surface area contributed by atoms with E-state index in [1.54, 1.807) is 0 Å². The van der Waals surface area contributed by atoms with Crippen LogP contribution in [0, 0.1) is 6.92 Å². The number of aliphatic carboxylic acids is 3. The van der Waals surface area contributed by atoms with Crippen molar-refractivity contribution in [3.8, 4) is 0 Å². The molecule has 12 nitrogen and oxygen atoms in total. The van der Waals surface area contributed by atoms with Gasteiger partial charge >= 0.3 is 17.9 Å². The first-order chi connectivity index (χ1) is 17.0. The van der Waals surface area contributed by atoms with Crippen molar-refractivity contribution in [3.63, 3.8) is 0 Å². The Bertz CT molecular complexity index is 985. The molecule has 12 heteroatoms. The largest absolute Gasteiger partial charge is 0.481 e. The highest BCUT2D eigenvalue weighted by Gasteiger charge is 2.40. The lowest BCUT2D eigenvalue weighted by Crippen LogP contribution is -2.42. The van der Waals surface area contributed by atoms with Crippen molar-refractivity contribution in [1.82, 2.24) is 14.9 Å². The number of rotatable bonds is 12. The van der Waals surface area contributed by atoms with Gasteiger partial charge in [0, 0.05) is 44.1 Å². The highest BCUT2D eigenvalue weighted by molar-refractivity contribution is 5.88. The molecule has 1 atom stereocenters. The third kappa shape index (κ3) is 9.72. The molecule has 4 N–H and O–H groups in total. The summed E-state index contributed by atoms with van der Waals surface area (Å²) in [5, 5.41) is 33.8. The van der Waals surface area contributed by atoms with E-state index in [0.29, 0.717) is 6.10 Å². The SMILES string of the molecule is CCc1ncc(CN(Cc2ccc(C)o2)CC2CCCO2)cn1.O=C(O)CC(O)(CC(=O)O)C(=O)O. The zero-order valence-electron chi connectivity index (χ0n) is 20.4. The van der Waals surface area contributed by atoms with Crippen LogP contribution < -0.4 is 0 Å².